The third kappa shape index (κ3) is 4.96. The highest BCUT2D eigenvalue weighted by atomic mass is 32.2. The Morgan fingerprint density at radius 2 is 1.88 bits per heavy atom. The standard InChI is InChI=1S/C24H25NO6S/c1-4-16-9-7-8-10-17(16)25-22(26)21(32-24(25)29)14-15-11-12-19(20(13-15)30-6-3)31-18(5-2)23(27)28/h7-14,18H,4-6H2,1-3H3,(H,27,28)/b21-14+. The van der Waals surface area contributed by atoms with Crippen molar-refractivity contribution in [3.63, 3.8) is 0 Å². The van der Waals surface area contributed by atoms with Gasteiger partial charge in [-0.15, -0.1) is 0 Å². The van der Waals surface area contributed by atoms with Gasteiger partial charge in [-0.1, -0.05) is 38.1 Å². The van der Waals surface area contributed by atoms with Crippen molar-refractivity contribution < 1.29 is 29.0 Å². The summed E-state index contributed by atoms with van der Waals surface area (Å²) >= 11 is 0.881. The summed E-state index contributed by atoms with van der Waals surface area (Å²) in [6.07, 6.45) is 1.63. The van der Waals surface area contributed by atoms with Crippen LogP contribution in [-0.2, 0) is 16.0 Å². The summed E-state index contributed by atoms with van der Waals surface area (Å²) in [5, 5.41) is 8.91. The molecular weight excluding hydrogens is 430 g/mol. The van der Waals surface area contributed by atoms with Gasteiger partial charge in [0.2, 0.25) is 0 Å². The van der Waals surface area contributed by atoms with Crippen LogP contribution in [0.25, 0.3) is 6.08 Å². The Labute approximate surface area is 191 Å². The van der Waals surface area contributed by atoms with Crippen LogP contribution < -0.4 is 14.4 Å². The third-order valence-electron chi connectivity index (χ3n) is 4.89. The molecule has 2 aromatic rings. The summed E-state index contributed by atoms with van der Waals surface area (Å²) in [4.78, 5) is 38.5. The Morgan fingerprint density at radius 1 is 1.12 bits per heavy atom. The maximum Gasteiger partial charge on any atom is 0.344 e. The lowest BCUT2D eigenvalue weighted by Crippen LogP contribution is -2.28. The van der Waals surface area contributed by atoms with Crippen LogP contribution in [0.4, 0.5) is 10.5 Å². The SMILES string of the molecule is CCOc1cc(/C=C2/SC(=O)N(c3ccccc3CC)C2=O)ccc1OC(CC)C(=O)O. The van der Waals surface area contributed by atoms with E-state index in [4.69, 9.17) is 9.47 Å². The Morgan fingerprint density at radius 3 is 2.53 bits per heavy atom. The molecule has 1 fully saturated rings. The van der Waals surface area contributed by atoms with E-state index in [-0.39, 0.29) is 11.1 Å². The zero-order chi connectivity index (χ0) is 23.3. The maximum absolute atomic E-state index is 13.0. The van der Waals surface area contributed by atoms with Crippen LogP contribution in [0.15, 0.2) is 47.4 Å². The number of hydrogen-bond acceptors (Lipinski definition) is 6. The number of carbonyl (C=O) groups excluding carboxylic acids is 2. The van der Waals surface area contributed by atoms with Gasteiger partial charge in [-0.3, -0.25) is 9.59 Å². The zero-order valence-electron chi connectivity index (χ0n) is 18.2. The lowest BCUT2D eigenvalue weighted by molar-refractivity contribution is -0.145. The van der Waals surface area contributed by atoms with E-state index in [1.165, 1.54) is 4.90 Å². The Hall–Kier alpha value is -3.26. The molecule has 0 aliphatic carbocycles. The van der Waals surface area contributed by atoms with Crippen LogP contribution in [0.1, 0.15) is 38.3 Å². The van der Waals surface area contributed by atoms with Gasteiger partial charge in [-0.05, 0) is 66.9 Å². The third-order valence-corrected chi connectivity index (χ3v) is 5.76. The smallest absolute Gasteiger partial charge is 0.344 e. The number of aliphatic carboxylic acids is 1. The molecule has 7 nitrogen and oxygen atoms in total. The molecule has 1 unspecified atom stereocenters. The van der Waals surface area contributed by atoms with Gasteiger partial charge in [0.1, 0.15) is 0 Å². The zero-order valence-corrected chi connectivity index (χ0v) is 19.0. The van der Waals surface area contributed by atoms with E-state index in [1.54, 1.807) is 43.3 Å². The molecule has 1 aliphatic rings. The van der Waals surface area contributed by atoms with Gasteiger partial charge in [0.25, 0.3) is 11.1 Å². The largest absolute Gasteiger partial charge is 0.490 e. The molecule has 8 heteroatoms. The van der Waals surface area contributed by atoms with Crippen LogP contribution in [0.5, 0.6) is 11.5 Å². The molecule has 1 N–H and O–H groups in total. The first-order chi connectivity index (χ1) is 15.4. The van der Waals surface area contributed by atoms with Crippen LogP contribution in [0.2, 0.25) is 0 Å². The summed E-state index contributed by atoms with van der Waals surface area (Å²) in [7, 11) is 0. The number of aryl methyl sites for hydroxylation is 1. The maximum atomic E-state index is 13.0. The number of imide groups is 1. The molecule has 1 atom stereocenters. The van der Waals surface area contributed by atoms with Crippen LogP contribution in [-0.4, -0.2) is 34.9 Å². The van der Waals surface area contributed by atoms with E-state index in [9.17, 15) is 19.5 Å². The van der Waals surface area contributed by atoms with Crippen molar-refractivity contribution in [1.82, 2.24) is 0 Å². The highest BCUT2D eigenvalue weighted by molar-refractivity contribution is 8.19. The summed E-state index contributed by atoms with van der Waals surface area (Å²) in [5.74, 6) is -0.754. The van der Waals surface area contributed by atoms with Gasteiger partial charge in [-0.2, -0.15) is 0 Å². The normalized spacial score (nSPS) is 15.8. The lowest BCUT2D eigenvalue weighted by atomic mass is 10.1. The predicted octanol–water partition coefficient (Wildman–Crippen LogP) is 5.13. The number of hydrogen-bond donors (Lipinski definition) is 1. The minimum absolute atomic E-state index is 0.300. The van der Waals surface area contributed by atoms with Gasteiger partial charge >= 0.3 is 5.97 Å². The summed E-state index contributed by atoms with van der Waals surface area (Å²) in [6, 6.07) is 12.3. The monoisotopic (exact) mass is 455 g/mol. The second-order valence-corrected chi connectivity index (χ2v) is 7.98. The molecule has 32 heavy (non-hydrogen) atoms. The lowest BCUT2D eigenvalue weighted by Gasteiger charge is -2.17. The van der Waals surface area contributed by atoms with Gasteiger partial charge in [0, 0.05) is 0 Å². The molecule has 2 amide bonds. The second kappa shape index (κ2) is 10.4. The molecule has 168 valence electrons. The number of carboxylic acids is 1. The van der Waals surface area contributed by atoms with E-state index in [2.05, 4.69) is 0 Å². The van der Waals surface area contributed by atoms with Crippen molar-refractivity contribution in [3.05, 3.63) is 58.5 Å². The number of benzene rings is 2. The minimum Gasteiger partial charge on any atom is -0.490 e. The number of para-hydroxylation sites is 1. The molecule has 1 aliphatic heterocycles. The topological polar surface area (TPSA) is 93.1 Å². The first-order valence-electron chi connectivity index (χ1n) is 10.4. The van der Waals surface area contributed by atoms with Gasteiger partial charge in [0.15, 0.2) is 17.6 Å². The molecular formula is C24H25NO6S. The van der Waals surface area contributed by atoms with Crippen molar-refractivity contribution in [2.75, 3.05) is 11.5 Å². The Balaban J connectivity index is 1.91. The quantitative estimate of drug-likeness (QED) is 0.524. The van der Waals surface area contributed by atoms with Crippen LogP contribution in [0, 0.1) is 0 Å². The highest BCUT2D eigenvalue weighted by Crippen LogP contribution is 2.38. The number of carbonyl (C=O) groups is 3. The fraction of sp³-hybridized carbons (Fsp3) is 0.292. The van der Waals surface area contributed by atoms with Crippen molar-refractivity contribution in [3.8, 4) is 11.5 Å². The molecule has 0 radical (unpaired) electrons. The number of ether oxygens (including phenoxy) is 2. The Kier molecular flexibility index (Phi) is 7.58. The number of nitrogens with zero attached hydrogens (tertiary/aromatic N) is 1. The van der Waals surface area contributed by atoms with Gasteiger partial charge in [0.05, 0.1) is 17.2 Å². The van der Waals surface area contributed by atoms with Crippen molar-refractivity contribution in [2.45, 2.75) is 39.7 Å². The van der Waals surface area contributed by atoms with Crippen molar-refractivity contribution >= 4 is 40.6 Å². The predicted molar refractivity (Wildman–Crippen MR) is 124 cm³/mol. The average Bonchev–Trinajstić information content (AvgIpc) is 3.05. The van der Waals surface area contributed by atoms with Crippen molar-refractivity contribution in [1.29, 1.82) is 0 Å². The number of rotatable bonds is 9. The van der Waals surface area contributed by atoms with Crippen LogP contribution >= 0.6 is 11.8 Å². The van der Waals surface area contributed by atoms with Crippen LogP contribution in [0.3, 0.4) is 0 Å². The van der Waals surface area contributed by atoms with Gasteiger partial charge in [-0.25, -0.2) is 9.69 Å². The fourth-order valence-corrected chi connectivity index (χ4v) is 4.13. The van der Waals surface area contributed by atoms with Gasteiger partial charge < -0.3 is 14.6 Å². The molecule has 3 rings (SSSR count). The Bertz CT molecular complexity index is 1060. The molecule has 2 aromatic carbocycles. The minimum atomic E-state index is -1.06. The second-order valence-electron chi connectivity index (χ2n) is 6.99. The van der Waals surface area contributed by atoms with E-state index < -0.39 is 12.1 Å². The summed E-state index contributed by atoms with van der Waals surface area (Å²) in [5.41, 5.74) is 2.15. The van der Waals surface area contributed by atoms with E-state index in [0.29, 0.717) is 47.1 Å². The fourth-order valence-electron chi connectivity index (χ4n) is 3.30. The number of thioether (sulfide) groups is 1. The first kappa shape index (κ1) is 23.4. The molecule has 0 saturated carbocycles. The van der Waals surface area contributed by atoms with Crippen molar-refractivity contribution in [2.24, 2.45) is 0 Å². The molecule has 0 aromatic heterocycles. The van der Waals surface area contributed by atoms with E-state index in [1.807, 2.05) is 26.0 Å². The molecule has 1 heterocycles. The molecule has 0 spiro atoms. The summed E-state index contributed by atoms with van der Waals surface area (Å²) in [6.45, 7) is 5.86. The number of anilines is 1. The first-order valence-corrected chi connectivity index (χ1v) is 11.2. The van der Waals surface area contributed by atoms with E-state index in [0.717, 1.165) is 17.3 Å². The summed E-state index contributed by atoms with van der Waals surface area (Å²) < 4.78 is 11.2. The van der Waals surface area contributed by atoms with E-state index >= 15 is 0 Å². The number of amides is 2. The number of carboxylic acid groups (broad SMARTS) is 1. The molecule has 1 saturated heterocycles. The molecule has 0 bridgehead atoms. The highest BCUT2D eigenvalue weighted by Gasteiger charge is 2.37. The average molecular weight is 456 g/mol.